The van der Waals surface area contributed by atoms with Crippen molar-refractivity contribution in [1.82, 2.24) is 5.32 Å². The van der Waals surface area contributed by atoms with E-state index in [1.54, 1.807) is 6.08 Å². The van der Waals surface area contributed by atoms with Crippen LogP contribution < -0.4 is 5.32 Å². The van der Waals surface area contributed by atoms with Gasteiger partial charge in [0.05, 0.1) is 25.4 Å². The summed E-state index contributed by atoms with van der Waals surface area (Å²) < 4.78 is 17.6. The molecule has 0 aromatic rings. The normalized spacial score (nSPS) is 19.8. The lowest BCUT2D eigenvalue weighted by molar-refractivity contribution is -0.305. The lowest BCUT2D eigenvalue weighted by atomic mass is 9.99. The number of carbonyl (C=O) groups is 2. The number of ether oxygens (including phenoxy) is 3. The number of hydrogen-bond acceptors (Lipinski definition) is 10. The number of aliphatic hydroxyl groups is 5. The number of hydrogen-bond donors (Lipinski definition) is 6. The largest absolute Gasteiger partial charge is 0.454 e. The molecule has 8 atom stereocenters. The summed E-state index contributed by atoms with van der Waals surface area (Å²) in [5.74, 6) is -1.23. The number of allylic oxidation sites excluding steroid dienone is 15. The average Bonchev–Trinajstić information content (AvgIpc) is 3.42. The summed E-state index contributed by atoms with van der Waals surface area (Å²) in [6.45, 7) is 5.59. The molecule has 436 valence electrons. The van der Waals surface area contributed by atoms with Crippen molar-refractivity contribution in [3.05, 3.63) is 97.2 Å². The monoisotopic (exact) mass is 1070 g/mol. The van der Waals surface area contributed by atoms with Gasteiger partial charge in [0.1, 0.15) is 24.4 Å². The molecule has 1 heterocycles. The van der Waals surface area contributed by atoms with E-state index in [-0.39, 0.29) is 19.4 Å². The van der Waals surface area contributed by atoms with Crippen LogP contribution in [0.2, 0.25) is 0 Å². The highest BCUT2D eigenvalue weighted by atomic mass is 16.7. The van der Waals surface area contributed by atoms with Crippen LogP contribution in [-0.2, 0) is 23.8 Å². The van der Waals surface area contributed by atoms with Gasteiger partial charge >= 0.3 is 5.97 Å². The average molecular weight is 1070 g/mol. The van der Waals surface area contributed by atoms with Crippen molar-refractivity contribution in [2.24, 2.45) is 0 Å². The third-order valence-electron chi connectivity index (χ3n) is 13.8. The summed E-state index contributed by atoms with van der Waals surface area (Å²) in [6.07, 6.45) is 58.7. The van der Waals surface area contributed by atoms with E-state index in [0.717, 1.165) is 103 Å². The standard InChI is InChI=1S/C65H111NO10/c1-4-7-10-13-16-19-22-25-27-28-29-30-31-32-33-35-38-41-44-47-50-53-60(70)76-63-62(72)61(71)59(54-67)75-65(63)74-55-56(57(68)51-48-45-42-39-36-24-21-18-15-12-9-6-3)66-64(73)58(69)52-49-46-43-40-37-34-26-23-20-17-14-11-8-5-2/h8,11,14,16-17,19-20,23,25-27,29-30,34,48,51,56-59,61-63,65,67-69,71-72H,4-7,9-10,12-13,15,18,21-22,24,28,31-33,35-47,49-50,52-55H2,1-3H3,(H,66,73)/b11-8+,17-14+,19-16-,23-20+,27-25-,30-29-,34-26-,51-48+. The third kappa shape index (κ3) is 39.9. The minimum absolute atomic E-state index is 0.107. The van der Waals surface area contributed by atoms with E-state index in [2.05, 4.69) is 74.7 Å². The fraction of sp³-hybridized carbons (Fsp3) is 0.723. The Labute approximate surface area is 463 Å². The number of rotatable bonds is 50. The van der Waals surface area contributed by atoms with E-state index in [0.29, 0.717) is 12.8 Å². The second-order valence-electron chi connectivity index (χ2n) is 20.8. The van der Waals surface area contributed by atoms with Crippen LogP contribution in [0.3, 0.4) is 0 Å². The second-order valence-corrected chi connectivity index (χ2v) is 20.8. The first-order chi connectivity index (χ1) is 37.2. The molecule has 11 heteroatoms. The van der Waals surface area contributed by atoms with Crippen LogP contribution in [0.4, 0.5) is 0 Å². The summed E-state index contributed by atoms with van der Waals surface area (Å²) >= 11 is 0. The maximum absolute atomic E-state index is 13.4. The van der Waals surface area contributed by atoms with Gasteiger partial charge in [-0.1, -0.05) is 246 Å². The molecular weight excluding hydrogens is 955 g/mol. The van der Waals surface area contributed by atoms with E-state index in [1.807, 2.05) is 42.5 Å². The first-order valence-electron chi connectivity index (χ1n) is 30.6. The summed E-state index contributed by atoms with van der Waals surface area (Å²) in [7, 11) is 0. The summed E-state index contributed by atoms with van der Waals surface area (Å²) in [4.78, 5) is 26.5. The Hall–Kier alpha value is -3.42. The van der Waals surface area contributed by atoms with Gasteiger partial charge in [-0.25, -0.2) is 0 Å². The minimum Gasteiger partial charge on any atom is -0.454 e. The van der Waals surface area contributed by atoms with Crippen LogP contribution >= 0.6 is 0 Å². The predicted molar refractivity (Wildman–Crippen MR) is 315 cm³/mol. The maximum atomic E-state index is 13.4. The van der Waals surface area contributed by atoms with Crippen molar-refractivity contribution in [2.75, 3.05) is 13.2 Å². The lowest BCUT2D eigenvalue weighted by Gasteiger charge is -2.41. The quantitative estimate of drug-likeness (QED) is 0.0149. The fourth-order valence-electron chi connectivity index (χ4n) is 8.96. The molecule has 0 aromatic carbocycles. The van der Waals surface area contributed by atoms with E-state index in [4.69, 9.17) is 14.2 Å². The second kappa shape index (κ2) is 52.3. The van der Waals surface area contributed by atoms with E-state index in [9.17, 15) is 35.1 Å². The van der Waals surface area contributed by atoms with Crippen molar-refractivity contribution in [2.45, 2.75) is 288 Å². The summed E-state index contributed by atoms with van der Waals surface area (Å²) in [6, 6.07) is -1.04. The minimum atomic E-state index is -1.63. The zero-order chi connectivity index (χ0) is 55.4. The van der Waals surface area contributed by atoms with Crippen LogP contribution in [-0.4, -0.2) is 99.6 Å². The molecule has 8 unspecified atom stereocenters. The molecule has 76 heavy (non-hydrogen) atoms. The molecule has 1 aliphatic rings. The number of nitrogens with one attached hydrogen (secondary N) is 1. The molecule has 0 bridgehead atoms. The Bertz CT molecular complexity index is 1600. The molecule has 1 rings (SSSR count). The highest BCUT2D eigenvalue weighted by molar-refractivity contribution is 5.80. The number of aliphatic hydroxyl groups excluding tert-OH is 5. The van der Waals surface area contributed by atoms with Crippen molar-refractivity contribution in [3.63, 3.8) is 0 Å². The number of esters is 1. The Morgan fingerprint density at radius 2 is 1.00 bits per heavy atom. The first-order valence-corrected chi connectivity index (χ1v) is 30.6. The molecule has 0 radical (unpaired) electrons. The van der Waals surface area contributed by atoms with Crippen LogP contribution in [0, 0.1) is 0 Å². The van der Waals surface area contributed by atoms with Crippen molar-refractivity contribution < 1.29 is 49.3 Å². The maximum Gasteiger partial charge on any atom is 0.306 e. The molecule has 11 nitrogen and oxygen atoms in total. The van der Waals surface area contributed by atoms with Gasteiger partial charge in [-0.3, -0.25) is 9.59 Å². The van der Waals surface area contributed by atoms with E-state index >= 15 is 0 Å². The SMILES string of the molecule is CC/C=C/C=C/C=C/C=C\CCCCCCC(O)C(=O)NC(COC1OC(CO)C(O)C(O)C1OC(=O)CCCCCCCCCC/C=C\C/C=C\C/C=C\CCCCC)C(O)/C=C/CCCCCCCCCCCC. The zero-order valence-corrected chi connectivity index (χ0v) is 48.1. The van der Waals surface area contributed by atoms with Gasteiger partial charge in [-0.2, -0.15) is 0 Å². The topological polar surface area (TPSA) is 175 Å². The van der Waals surface area contributed by atoms with Crippen LogP contribution in [0.15, 0.2) is 97.2 Å². The summed E-state index contributed by atoms with van der Waals surface area (Å²) in [5.41, 5.74) is 0. The molecule has 1 amide bonds. The fourth-order valence-corrected chi connectivity index (χ4v) is 8.96. The van der Waals surface area contributed by atoms with Crippen molar-refractivity contribution in [3.8, 4) is 0 Å². The smallest absolute Gasteiger partial charge is 0.306 e. The molecule has 6 N–H and O–H groups in total. The molecule has 1 saturated heterocycles. The highest BCUT2D eigenvalue weighted by Crippen LogP contribution is 2.26. The Kier molecular flexibility index (Phi) is 48.6. The Morgan fingerprint density at radius 3 is 1.57 bits per heavy atom. The van der Waals surface area contributed by atoms with Gasteiger partial charge in [0.2, 0.25) is 5.91 Å². The molecule has 1 fully saturated rings. The first kappa shape index (κ1) is 70.6. The van der Waals surface area contributed by atoms with Crippen molar-refractivity contribution >= 4 is 11.9 Å². The Balaban J connectivity index is 2.69. The zero-order valence-electron chi connectivity index (χ0n) is 48.1. The van der Waals surface area contributed by atoms with Gasteiger partial charge in [-0.15, -0.1) is 0 Å². The van der Waals surface area contributed by atoms with Gasteiger partial charge in [0, 0.05) is 6.42 Å². The number of amides is 1. The molecule has 1 aliphatic heterocycles. The highest BCUT2D eigenvalue weighted by Gasteiger charge is 2.47. The molecule has 0 saturated carbocycles. The molecule has 0 spiro atoms. The number of unbranched alkanes of at least 4 members (excludes halogenated alkanes) is 25. The number of carbonyl (C=O) groups excluding carboxylic acids is 2. The molecular formula is C65H111NO10. The van der Waals surface area contributed by atoms with Gasteiger partial charge in [-0.05, 0) is 83.5 Å². The van der Waals surface area contributed by atoms with Crippen LogP contribution in [0.1, 0.15) is 239 Å². The van der Waals surface area contributed by atoms with Gasteiger partial charge in [0.25, 0.3) is 0 Å². The van der Waals surface area contributed by atoms with E-state index in [1.165, 1.54) is 89.9 Å². The molecule has 0 aromatic heterocycles. The van der Waals surface area contributed by atoms with Crippen molar-refractivity contribution in [1.29, 1.82) is 0 Å². The van der Waals surface area contributed by atoms with Gasteiger partial charge < -0.3 is 45.1 Å². The lowest BCUT2D eigenvalue weighted by Crippen LogP contribution is -2.61. The van der Waals surface area contributed by atoms with Crippen LogP contribution in [0.25, 0.3) is 0 Å². The predicted octanol–water partition coefficient (Wildman–Crippen LogP) is 14.3. The van der Waals surface area contributed by atoms with E-state index < -0.39 is 67.4 Å². The summed E-state index contributed by atoms with van der Waals surface area (Å²) in [5, 5.41) is 56.9. The van der Waals surface area contributed by atoms with Gasteiger partial charge in [0.15, 0.2) is 12.4 Å². The molecule has 0 aliphatic carbocycles. The third-order valence-corrected chi connectivity index (χ3v) is 13.8. The van der Waals surface area contributed by atoms with Crippen LogP contribution in [0.5, 0.6) is 0 Å². The Morgan fingerprint density at radius 1 is 0.539 bits per heavy atom.